The predicted molar refractivity (Wildman–Crippen MR) is 73.5 cm³/mol. The average molecular weight is 255 g/mol. The van der Waals surface area contributed by atoms with Crippen LogP contribution in [0.15, 0.2) is 0 Å². The molecule has 106 valence electrons. The Morgan fingerprint density at radius 1 is 1.17 bits per heavy atom. The summed E-state index contributed by atoms with van der Waals surface area (Å²) in [6.45, 7) is 4.48. The highest BCUT2D eigenvalue weighted by atomic mass is 16.3. The Balaban J connectivity index is 1.89. The van der Waals surface area contributed by atoms with Gasteiger partial charge in [-0.1, -0.05) is 13.3 Å². The van der Waals surface area contributed by atoms with E-state index in [-0.39, 0.29) is 6.61 Å². The van der Waals surface area contributed by atoms with Gasteiger partial charge in [-0.2, -0.15) is 0 Å². The molecule has 0 spiro atoms. The van der Waals surface area contributed by atoms with Gasteiger partial charge < -0.3 is 10.2 Å². The van der Waals surface area contributed by atoms with Gasteiger partial charge in [-0.25, -0.2) is 0 Å². The Hall–Kier alpha value is -0.120. The van der Waals surface area contributed by atoms with Crippen molar-refractivity contribution in [2.45, 2.75) is 69.9 Å². The van der Waals surface area contributed by atoms with Crippen LogP contribution in [0.1, 0.15) is 58.3 Å². The lowest BCUT2D eigenvalue weighted by atomic mass is 9.79. The van der Waals surface area contributed by atoms with Crippen molar-refractivity contribution in [3.8, 4) is 0 Å². The van der Waals surface area contributed by atoms with Crippen LogP contribution < -0.4 is 0 Å². The van der Waals surface area contributed by atoms with E-state index >= 15 is 0 Å². The SMILES string of the molecule is CC1CCC(O)(CN2CCCCC2CCO)CC1. The normalized spacial score (nSPS) is 38.8. The third-order valence-electron chi connectivity index (χ3n) is 4.91. The maximum absolute atomic E-state index is 10.7. The minimum Gasteiger partial charge on any atom is -0.396 e. The molecule has 0 bridgehead atoms. The van der Waals surface area contributed by atoms with Gasteiger partial charge in [0.1, 0.15) is 0 Å². The minimum atomic E-state index is -0.461. The Labute approximate surface area is 111 Å². The van der Waals surface area contributed by atoms with Crippen molar-refractivity contribution in [1.29, 1.82) is 0 Å². The molecule has 0 aromatic rings. The van der Waals surface area contributed by atoms with Crippen molar-refractivity contribution in [2.24, 2.45) is 5.92 Å². The van der Waals surface area contributed by atoms with Crippen LogP contribution in [0.25, 0.3) is 0 Å². The van der Waals surface area contributed by atoms with Gasteiger partial charge in [0.05, 0.1) is 5.60 Å². The first-order valence-corrected chi connectivity index (χ1v) is 7.70. The molecule has 1 atom stereocenters. The Kier molecular flexibility index (Phi) is 5.05. The fourth-order valence-electron chi connectivity index (χ4n) is 3.58. The summed E-state index contributed by atoms with van der Waals surface area (Å²) in [5.41, 5.74) is -0.461. The van der Waals surface area contributed by atoms with Crippen molar-refractivity contribution in [2.75, 3.05) is 19.7 Å². The maximum atomic E-state index is 10.7. The number of β-amino-alcohol motifs (C(OH)–C–C–N with tert-alkyl or cyclic N) is 1. The molecule has 0 amide bonds. The van der Waals surface area contributed by atoms with Crippen LogP contribution in [0.2, 0.25) is 0 Å². The lowest BCUT2D eigenvalue weighted by molar-refractivity contribution is -0.0516. The van der Waals surface area contributed by atoms with E-state index in [2.05, 4.69) is 11.8 Å². The molecule has 1 saturated carbocycles. The standard InChI is InChI=1S/C15H29NO2/c1-13-5-8-15(18,9-6-13)12-16-10-3-2-4-14(16)7-11-17/h13-14,17-18H,2-12H2,1H3. The molecule has 0 radical (unpaired) electrons. The molecule has 1 saturated heterocycles. The summed E-state index contributed by atoms with van der Waals surface area (Å²) in [6, 6.07) is 0.493. The van der Waals surface area contributed by atoms with Gasteiger partial charge in [0.15, 0.2) is 0 Å². The number of nitrogens with zero attached hydrogens (tertiary/aromatic N) is 1. The molecule has 2 N–H and O–H groups in total. The quantitative estimate of drug-likeness (QED) is 0.809. The van der Waals surface area contributed by atoms with Gasteiger partial charge in [-0.15, -0.1) is 0 Å². The molecule has 2 fully saturated rings. The number of hydrogen-bond donors (Lipinski definition) is 2. The molecule has 18 heavy (non-hydrogen) atoms. The first-order valence-electron chi connectivity index (χ1n) is 7.70. The molecule has 1 aliphatic carbocycles. The van der Waals surface area contributed by atoms with Crippen LogP contribution >= 0.6 is 0 Å². The number of rotatable bonds is 4. The van der Waals surface area contributed by atoms with Crippen LogP contribution in [0.5, 0.6) is 0 Å². The Morgan fingerprint density at radius 3 is 2.56 bits per heavy atom. The summed E-state index contributed by atoms with van der Waals surface area (Å²) in [5.74, 6) is 0.778. The van der Waals surface area contributed by atoms with Gasteiger partial charge in [0.2, 0.25) is 0 Å². The number of hydrogen-bond acceptors (Lipinski definition) is 3. The average Bonchev–Trinajstić information content (AvgIpc) is 2.36. The summed E-state index contributed by atoms with van der Waals surface area (Å²) in [5, 5.41) is 19.9. The number of piperidine rings is 1. The Bertz CT molecular complexity index is 247. The lowest BCUT2D eigenvalue weighted by Gasteiger charge is -2.43. The van der Waals surface area contributed by atoms with Crippen molar-refractivity contribution in [1.82, 2.24) is 4.90 Å². The second-order valence-electron chi connectivity index (χ2n) is 6.54. The third kappa shape index (κ3) is 3.69. The van der Waals surface area contributed by atoms with E-state index < -0.39 is 5.60 Å². The summed E-state index contributed by atoms with van der Waals surface area (Å²) < 4.78 is 0. The van der Waals surface area contributed by atoms with Crippen LogP contribution in [0, 0.1) is 5.92 Å². The summed E-state index contributed by atoms with van der Waals surface area (Å²) in [7, 11) is 0. The largest absolute Gasteiger partial charge is 0.396 e. The van der Waals surface area contributed by atoms with Crippen LogP contribution in [-0.4, -0.2) is 46.5 Å². The summed E-state index contributed by atoms with van der Waals surface area (Å²) in [6.07, 6.45) is 8.81. The second kappa shape index (κ2) is 6.36. The lowest BCUT2D eigenvalue weighted by Crippen LogP contribution is -2.50. The molecule has 0 aromatic carbocycles. The maximum Gasteiger partial charge on any atom is 0.0774 e. The van der Waals surface area contributed by atoms with Crippen LogP contribution in [0.3, 0.4) is 0 Å². The summed E-state index contributed by atoms with van der Waals surface area (Å²) in [4.78, 5) is 2.44. The van der Waals surface area contributed by atoms with Crippen molar-refractivity contribution in [3.05, 3.63) is 0 Å². The zero-order valence-electron chi connectivity index (χ0n) is 11.8. The molecule has 0 aromatic heterocycles. The fourth-order valence-corrected chi connectivity index (χ4v) is 3.58. The van der Waals surface area contributed by atoms with Gasteiger partial charge >= 0.3 is 0 Å². The zero-order valence-corrected chi connectivity index (χ0v) is 11.8. The Morgan fingerprint density at radius 2 is 1.89 bits per heavy atom. The zero-order chi connectivity index (χ0) is 13.0. The van der Waals surface area contributed by atoms with E-state index in [1.54, 1.807) is 0 Å². The molecular weight excluding hydrogens is 226 g/mol. The molecule has 2 rings (SSSR count). The smallest absolute Gasteiger partial charge is 0.0774 e. The molecule has 1 aliphatic heterocycles. The van der Waals surface area contributed by atoms with Crippen molar-refractivity contribution >= 4 is 0 Å². The van der Waals surface area contributed by atoms with E-state index in [0.29, 0.717) is 6.04 Å². The number of aliphatic hydroxyl groups is 2. The summed E-state index contributed by atoms with van der Waals surface area (Å²) >= 11 is 0. The molecule has 2 aliphatic rings. The van der Waals surface area contributed by atoms with E-state index in [0.717, 1.165) is 51.1 Å². The van der Waals surface area contributed by atoms with Crippen molar-refractivity contribution in [3.63, 3.8) is 0 Å². The van der Waals surface area contributed by atoms with E-state index in [1.165, 1.54) is 19.3 Å². The minimum absolute atomic E-state index is 0.274. The number of likely N-dealkylation sites (tertiary alicyclic amines) is 1. The number of aliphatic hydroxyl groups excluding tert-OH is 1. The van der Waals surface area contributed by atoms with Crippen molar-refractivity contribution < 1.29 is 10.2 Å². The molecular formula is C15H29NO2. The highest BCUT2D eigenvalue weighted by Crippen LogP contribution is 2.34. The predicted octanol–water partition coefficient (Wildman–Crippen LogP) is 2.16. The van der Waals surface area contributed by atoms with Gasteiger partial charge in [-0.3, -0.25) is 4.90 Å². The van der Waals surface area contributed by atoms with Gasteiger partial charge in [0.25, 0.3) is 0 Å². The van der Waals surface area contributed by atoms with E-state index in [1.807, 2.05) is 0 Å². The van der Waals surface area contributed by atoms with Gasteiger partial charge in [-0.05, 0) is 57.4 Å². The first kappa shape index (κ1) is 14.3. The van der Waals surface area contributed by atoms with Crippen LogP contribution in [0.4, 0.5) is 0 Å². The fraction of sp³-hybridized carbons (Fsp3) is 1.00. The monoisotopic (exact) mass is 255 g/mol. The van der Waals surface area contributed by atoms with E-state index in [9.17, 15) is 5.11 Å². The third-order valence-corrected chi connectivity index (χ3v) is 4.91. The first-order chi connectivity index (χ1) is 8.63. The molecule has 3 nitrogen and oxygen atoms in total. The highest BCUT2D eigenvalue weighted by Gasteiger charge is 2.35. The highest BCUT2D eigenvalue weighted by molar-refractivity contribution is 4.90. The topological polar surface area (TPSA) is 43.7 Å². The van der Waals surface area contributed by atoms with Crippen LogP contribution in [-0.2, 0) is 0 Å². The van der Waals surface area contributed by atoms with Gasteiger partial charge in [0, 0.05) is 19.2 Å². The molecule has 1 heterocycles. The van der Waals surface area contributed by atoms with E-state index in [4.69, 9.17) is 5.11 Å². The molecule has 3 heteroatoms. The second-order valence-corrected chi connectivity index (χ2v) is 6.54. The molecule has 1 unspecified atom stereocenters.